The highest BCUT2D eigenvalue weighted by Crippen LogP contribution is 2.40. The first-order valence-corrected chi connectivity index (χ1v) is 6.93. The van der Waals surface area contributed by atoms with E-state index in [1.165, 1.54) is 24.4 Å². The zero-order valence-electron chi connectivity index (χ0n) is 8.39. The summed E-state index contributed by atoms with van der Waals surface area (Å²) in [6.07, 6.45) is 2.44. The van der Waals surface area contributed by atoms with Gasteiger partial charge >= 0.3 is 0 Å². The molecule has 1 fully saturated rings. The zero-order chi connectivity index (χ0) is 11.0. The first kappa shape index (κ1) is 10.5. The van der Waals surface area contributed by atoms with Crippen molar-refractivity contribution in [2.45, 2.75) is 18.8 Å². The van der Waals surface area contributed by atoms with Crippen molar-refractivity contribution in [2.24, 2.45) is 0 Å². The minimum Gasteiger partial charge on any atom is -0.430 e. The van der Waals surface area contributed by atoms with E-state index < -0.39 is 0 Å². The smallest absolute Gasteiger partial charge is 0.298 e. The van der Waals surface area contributed by atoms with Gasteiger partial charge in [0.2, 0.25) is 0 Å². The molecular formula is C11H9IN2OS. The lowest BCUT2D eigenvalue weighted by molar-refractivity contribution is 0.477. The summed E-state index contributed by atoms with van der Waals surface area (Å²) in [6, 6.07) is 7.92. The first-order valence-electron chi connectivity index (χ1n) is 5.08. The van der Waals surface area contributed by atoms with Gasteiger partial charge in [0.05, 0.1) is 0 Å². The average molecular weight is 344 g/mol. The first-order chi connectivity index (χ1) is 7.81. The Morgan fingerprint density at radius 2 is 2.25 bits per heavy atom. The Labute approximate surface area is 111 Å². The van der Waals surface area contributed by atoms with Crippen molar-refractivity contribution < 1.29 is 4.74 Å². The molecule has 0 bridgehead atoms. The highest BCUT2D eigenvalue weighted by atomic mass is 127. The molecule has 0 amide bonds. The monoisotopic (exact) mass is 344 g/mol. The number of halogens is 1. The number of benzene rings is 1. The number of aromatic nitrogens is 2. The van der Waals surface area contributed by atoms with Crippen LogP contribution in [0.3, 0.4) is 0 Å². The van der Waals surface area contributed by atoms with Gasteiger partial charge < -0.3 is 4.74 Å². The van der Waals surface area contributed by atoms with Crippen LogP contribution in [0.15, 0.2) is 24.3 Å². The Hall–Kier alpha value is -0.690. The summed E-state index contributed by atoms with van der Waals surface area (Å²) in [6.45, 7) is 0. The molecule has 1 aliphatic rings. The molecule has 16 heavy (non-hydrogen) atoms. The van der Waals surface area contributed by atoms with Crippen molar-refractivity contribution in [1.82, 2.24) is 9.36 Å². The topological polar surface area (TPSA) is 35.0 Å². The maximum Gasteiger partial charge on any atom is 0.298 e. The van der Waals surface area contributed by atoms with Crippen LogP contribution in [0, 0.1) is 3.57 Å². The molecule has 0 N–H and O–H groups in total. The van der Waals surface area contributed by atoms with Gasteiger partial charge in [0.15, 0.2) is 0 Å². The molecule has 0 radical (unpaired) electrons. The Kier molecular flexibility index (Phi) is 2.81. The Morgan fingerprint density at radius 1 is 1.38 bits per heavy atom. The fourth-order valence-corrected chi connectivity index (χ4v) is 2.54. The van der Waals surface area contributed by atoms with Crippen LogP contribution >= 0.6 is 34.1 Å². The van der Waals surface area contributed by atoms with Gasteiger partial charge in [0.1, 0.15) is 11.6 Å². The molecule has 0 unspecified atom stereocenters. The van der Waals surface area contributed by atoms with Crippen LogP contribution in [0.2, 0.25) is 0 Å². The maximum atomic E-state index is 5.66. The maximum absolute atomic E-state index is 5.66. The quantitative estimate of drug-likeness (QED) is 0.795. The SMILES string of the molecule is Ic1cccc(Oc2nc(C3CC3)ns2)c1. The second kappa shape index (κ2) is 4.29. The minimum atomic E-state index is 0.588. The van der Waals surface area contributed by atoms with Crippen molar-refractivity contribution >= 4 is 34.1 Å². The predicted molar refractivity (Wildman–Crippen MR) is 71.1 cm³/mol. The van der Waals surface area contributed by atoms with E-state index in [0.717, 1.165) is 15.1 Å². The summed E-state index contributed by atoms with van der Waals surface area (Å²) >= 11 is 3.59. The lowest BCUT2D eigenvalue weighted by Crippen LogP contribution is -1.85. The fraction of sp³-hybridized carbons (Fsp3) is 0.273. The van der Waals surface area contributed by atoms with Crippen LogP contribution in [-0.2, 0) is 0 Å². The van der Waals surface area contributed by atoms with Crippen LogP contribution < -0.4 is 4.74 Å². The number of hydrogen-bond acceptors (Lipinski definition) is 4. The van der Waals surface area contributed by atoms with Crippen LogP contribution in [0.4, 0.5) is 0 Å². The van der Waals surface area contributed by atoms with Gasteiger partial charge in [-0.3, -0.25) is 0 Å². The summed E-state index contributed by atoms with van der Waals surface area (Å²) in [5, 5.41) is 0.643. The molecule has 3 rings (SSSR count). The summed E-state index contributed by atoms with van der Waals surface area (Å²) in [5.74, 6) is 2.36. The number of rotatable bonds is 3. The lowest BCUT2D eigenvalue weighted by Gasteiger charge is -2.00. The summed E-state index contributed by atoms with van der Waals surface area (Å²) in [4.78, 5) is 4.38. The van der Waals surface area contributed by atoms with E-state index in [9.17, 15) is 0 Å². The van der Waals surface area contributed by atoms with E-state index in [4.69, 9.17) is 4.74 Å². The van der Waals surface area contributed by atoms with Crippen LogP contribution in [0.5, 0.6) is 10.9 Å². The van der Waals surface area contributed by atoms with E-state index in [2.05, 4.69) is 31.9 Å². The molecular weight excluding hydrogens is 335 g/mol. The molecule has 0 saturated heterocycles. The normalized spacial score (nSPS) is 15.1. The second-order valence-corrected chi connectivity index (χ2v) is 5.71. The lowest BCUT2D eigenvalue weighted by atomic mass is 10.3. The third-order valence-corrected chi connectivity index (χ3v) is 3.65. The fourth-order valence-electron chi connectivity index (χ4n) is 1.40. The molecule has 0 spiro atoms. The number of nitrogens with zero attached hydrogens (tertiary/aromatic N) is 2. The van der Waals surface area contributed by atoms with E-state index >= 15 is 0 Å². The second-order valence-electron chi connectivity index (χ2n) is 3.75. The van der Waals surface area contributed by atoms with E-state index in [1.807, 2.05) is 24.3 Å². The number of ether oxygens (including phenoxy) is 1. The number of hydrogen-bond donors (Lipinski definition) is 0. The van der Waals surface area contributed by atoms with Crippen molar-refractivity contribution in [3.8, 4) is 10.9 Å². The molecule has 5 heteroatoms. The molecule has 1 aliphatic carbocycles. The molecule has 3 nitrogen and oxygen atoms in total. The van der Waals surface area contributed by atoms with Crippen molar-refractivity contribution in [3.63, 3.8) is 0 Å². The van der Waals surface area contributed by atoms with E-state index in [1.54, 1.807) is 0 Å². The van der Waals surface area contributed by atoms with Crippen LogP contribution in [-0.4, -0.2) is 9.36 Å². The standard InChI is InChI=1S/C11H9IN2OS/c12-8-2-1-3-9(6-8)15-11-13-10(14-16-11)7-4-5-7/h1-3,6-7H,4-5H2. The van der Waals surface area contributed by atoms with Crippen molar-refractivity contribution in [1.29, 1.82) is 0 Å². The molecule has 0 aliphatic heterocycles. The molecule has 1 aromatic carbocycles. The molecule has 1 saturated carbocycles. The zero-order valence-corrected chi connectivity index (χ0v) is 11.4. The highest BCUT2D eigenvalue weighted by molar-refractivity contribution is 14.1. The average Bonchev–Trinajstić information content (AvgIpc) is 3.01. The summed E-state index contributed by atoms with van der Waals surface area (Å²) < 4.78 is 11.1. The summed E-state index contributed by atoms with van der Waals surface area (Å²) in [7, 11) is 0. The Balaban J connectivity index is 1.77. The Morgan fingerprint density at radius 3 is 3.00 bits per heavy atom. The van der Waals surface area contributed by atoms with Gasteiger partial charge in [-0.2, -0.15) is 9.36 Å². The third kappa shape index (κ3) is 2.35. The molecule has 2 aromatic rings. The van der Waals surface area contributed by atoms with Gasteiger partial charge in [0.25, 0.3) is 5.19 Å². The van der Waals surface area contributed by atoms with Gasteiger partial charge in [0, 0.05) is 21.0 Å². The van der Waals surface area contributed by atoms with Gasteiger partial charge in [-0.1, -0.05) is 6.07 Å². The van der Waals surface area contributed by atoms with Gasteiger partial charge in [-0.15, -0.1) is 0 Å². The molecule has 1 heterocycles. The van der Waals surface area contributed by atoms with Crippen LogP contribution in [0.1, 0.15) is 24.6 Å². The van der Waals surface area contributed by atoms with Crippen molar-refractivity contribution in [2.75, 3.05) is 0 Å². The van der Waals surface area contributed by atoms with Gasteiger partial charge in [-0.05, 0) is 53.6 Å². The predicted octanol–water partition coefficient (Wildman–Crippen LogP) is 3.81. The third-order valence-electron chi connectivity index (χ3n) is 2.37. The van der Waals surface area contributed by atoms with Crippen LogP contribution in [0.25, 0.3) is 0 Å². The van der Waals surface area contributed by atoms with Crippen molar-refractivity contribution in [3.05, 3.63) is 33.7 Å². The van der Waals surface area contributed by atoms with Gasteiger partial charge in [-0.25, -0.2) is 0 Å². The summed E-state index contributed by atoms with van der Waals surface area (Å²) in [5.41, 5.74) is 0. The van der Waals surface area contributed by atoms with E-state index in [-0.39, 0.29) is 0 Å². The molecule has 82 valence electrons. The molecule has 0 atom stereocenters. The minimum absolute atomic E-state index is 0.588. The largest absolute Gasteiger partial charge is 0.430 e. The molecule has 1 aromatic heterocycles. The Bertz CT molecular complexity index is 510. The van der Waals surface area contributed by atoms with E-state index in [0.29, 0.717) is 11.1 Å². The highest BCUT2D eigenvalue weighted by Gasteiger charge is 2.28.